The van der Waals surface area contributed by atoms with E-state index >= 15 is 0 Å². The van der Waals surface area contributed by atoms with E-state index in [0.717, 1.165) is 16.7 Å². The molecule has 1 saturated heterocycles. The lowest BCUT2D eigenvalue weighted by molar-refractivity contribution is -0.384. The number of imide groups is 1. The lowest BCUT2D eigenvalue weighted by atomic mass is 10.1. The van der Waals surface area contributed by atoms with Gasteiger partial charge in [0.1, 0.15) is 12.6 Å². The molecule has 0 N–H and O–H groups in total. The Morgan fingerprint density at radius 2 is 2.00 bits per heavy atom. The molecule has 0 unspecified atom stereocenters. The van der Waals surface area contributed by atoms with E-state index in [4.69, 9.17) is 9.47 Å². The highest BCUT2D eigenvalue weighted by atomic mass is 79.9. The van der Waals surface area contributed by atoms with Crippen LogP contribution in [0, 0.1) is 10.1 Å². The van der Waals surface area contributed by atoms with Crippen molar-refractivity contribution in [3.8, 4) is 11.5 Å². The molecule has 1 aliphatic rings. The van der Waals surface area contributed by atoms with E-state index in [-0.39, 0.29) is 17.2 Å². The van der Waals surface area contributed by atoms with Crippen LogP contribution < -0.4 is 9.47 Å². The third kappa shape index (κ3) is 6.01. The molecule has 2 amide bonds. The van der Waals surface area contributed by atoms with E-state index in [2.05, 4.69) is 20.7 Å². The molecule has 184 valence electrons. The molecule has 2 aromatic carbocycles. The Morgan fingerprint density at radius 3 is 2.66 bits per heavy atom. The second-order valence-electron chi connectivity index (χ2n) is 7.23. The van der Waals surface area contributed by atoms with Gasteiger partial charge < -0.3 is 14.2 Å². The summed E-state index contributed by atoms with van der Waals surface area (Å²) in [5.74, 6) is -0.540. The number of methoxy groups -OCH3 is 1. The minimum Gasteiger partial charge on any atom is -0.490 e. The molecule has 1 atom stereocenters. The number of thioether (sulfide) groups is 1. The Balaban J connectivity index is 1.86. The molecular weight excluding hydrogens is 544 g/mol. The van der Waals surface area contributed by atoms with Gasteiger partial charge in [-0.3, -0.25) is 24.6 Å². The van der Waals surface area contributed by atoms with Crippen molar-refractivity contribution >= 4 is 56.6 Å². The maximum absolute atomic E-state index is 12.8. The van der Waals surface area contributed by atoms with Gasteiger partial charge in [0.2, 0.25) is 0 Å². The van der Waals surface area contributed by atoms with Crippen LogP contribution >= 0.6 is 27.7 Å². The summed E-state index contributed by atoms with van der Waals surface area (Å²) in [5, 5.41) is 10.4. The molecule has 2 aromatic rings. The monoisotopic (exact) mass is 564 g/mol. The van der Waals surface area contributed by atoms with E-state index in [1.165, 1.54) is 32.2 Å². The maximum Gasteiger partial charge on any atom is 0.328 e. The van der Waals surface area contributed by atoms with Crippen molar-refractivity contribution in [3.05, 3.63) is 67.0 Å². The molecule has 3 rings (SSSR count). The first-order valence-electron chi connectivity index (χ1n) is 10.3. The first kappa shape index (κ1) is 26.2. The van der Waals surface area contributed by atoms with Crippen LogP contribution in [-0.4, -0.2) is 46.7 Å². The molecule has 1 fully saturated rings. The number of benzene rings is 2. The van der Waals surface area contributed by atoms with Gasteiger partial charge in [-0.15, -0.1) is 0 Å². The Bertz CT molecular complexity index is 1220. The highest BCUT2D eigenvalue weighted by Crippen LogP contribution is 2.40. The number of carbonyl (C=O) groups is 3. The standard InChI is InChI=1S/C23H21BrN2O8S/c1-4-33-18-10-15(11-19-21(27)25(23(29)35-19)13(2)22(28)32-3)9-17(24)20(18)34-12-14-6-5-7-16(8-14)26(30)31/h5-11,13H,4,12H2,1-3H3/b19-11+/t13-/m0/s1. The lowest BCUT2D eigenvalue weighted by Crippen LogP contribution is -2.42. The molecular formula is C23H21BrN2O8S. The van der Waals surface area contributed by atoms with Gasteiger partial charge in [-0.05, 0) is 70.9 Å². The first-order valence-corrected chi connectivity index (χ1v) is 11.9. The third-order valence-electron chi connectivity index (χ3n) is 4.89. The molecule has 0 saturated carbocycles. The van der Waals surface area contributed by atoms with Crippen LogP contribution in [0.25, 0.3) is 6.08 Å². The fourth-order valence-electron chi connectivity index (χ4n) is 3.23. The molecule has 0 aliphatic carbocycles. The second kappa shape index (κ2) is 11.4. The summed E-state index contributed by atoms with van der Waals surface area (Å²) in [7, 11) is 1.18. The number of ether oxygens (including phenoxy) is 3. The van der Waals surface area contributed by atoms with Crippen molar-refractivity contribution in [2.24, 2.45) is 0 Å². The lowest BCUT2D eigenvalue weighted by Gasteiger charge is -2.18. The first-order chi connectivity index (χ1) is 16.7. The van der Waals surface area contributed by atoms with Crippen LogP contribution in [-0.2, 0) is 20.9 Å². The summed E-state index contributed by atoms with van der Waals surface area (Å²) in [6.07, 6.45) is 1.52. The second-order valence-corrected chi connectivity index (χ2v) is 9.08. The number of hydrogen-bond donors (Lipinski definition) is 0. The van der Waals surface area contributed by atoms with Crippen LogP contribution in [0.1, 0.15) is 25.0 Å². The van der Waals surface area contributed by atoms with Gasteiger partial charge in [0, 0.05) is 12.1 Å². The zero-order valence-electron chi connectivity index (χ0n) is 19.0. The van der Waals surface area contributed by atoms with Gasteiger partial charge in [-0.2, -0.15) is 0 Å². The Hall–Kier alpha value is -3.38. The van der Waals surface area contributed by atoms with Gasteiger partial charge in [0.15, 0.2) is 11.5 Å². The predicted octanol–water partition coefficient (Wildman–Crippen LogP) is 4.93. The molecule has 1 aliphatic heterocycles. The van der Waals surface area contributed by atoms with Crippen LogP contribution in [0.15, 0.2) is 45.8 Å². The number of hydrogen-bond acceptors (Lipinski definition) is 9. The number of nitrogens with zero attached hydrogens (tertiary/aromatic N) is 2. The number of non-ortho nitro benzene ring substituents is 1. The summed E-state index contributed by atoms with van der Waals surface area (Å²) in [5.41, 5.74) is 1.12. The molecule has 0 spiro atoms. The van der Waals surface area contributed by atoms with E-state index in [1.807, 2.05) is 0 Å². The molecule has 0 bridgehead atoms. The summed E-state index contributed by atoms with van der Waals surface area (Å²) in [4.78, 5) is 48.5. The van der Waals surface area contributed by atoms with Crippen LogP contribution in [0.4, 0.5) is 10.5 Å². The summed E-state index contributed by atoms with van der Waals surface area (Å²) in [6, 6.07) is 8.39. The summed E-state index contributed by atoms with van der Waals surface area (Å²) < 4.78 is 16.7. The zero-order chi connectivity index (χ0) is 25.7. The fourth-order valence-corrected chi connectivity index (χ4v) is 4.71. The SMILES string of the molecule is CCOc1cc(/C=C2/SC(=O)N([C@@H](C)C(=O)OC)C2=O)cc(Br)c1OCc1cccc([N+](=O)[O-])c1. The van der Waals surface area contributed by atoms with E-state index < -0.39 is 28.1 Å². The van der Waals surface area contributed by atoms with Crippen molar-refractivity contribution in [1.82, 2.24) is 4.90 Å². The minimum absolute atomic E-state index is 0.0407. The third-order valence-corrected chi connectivity index (χ3v) is 6.36. The average Bonchev–Trinajstić information content (AvgIpc) is 3.10. The van der Waals surface area contributed by atoms with E-state index in [9.17, 15) is 24.5 Å². The smallest absolute Gasteiger partial charge is 0.328 e. The maximum atomic E-state index is 12.8. The normalized spacial score (nSPS) is 15.3. The number of halogens is 1. The van der Waals surface area contributed by atoms with Crippen molar-refractivity contribution in [3.63, 3.8) is 0 Å². The predicted molar refractivity (Wildman–Crippen MR) is 132 cm³/mol. The van der Waals surface area contributed by atoms with Gasteiger partial charge in [0.05, 0.1) is 28.0 Å². The highest BCUT2D eigenvalue weighted by Gasteiger charge is 2.41. The van der Waals surface area contributed by atoms with Gasteiger partial charge >= 0.3 is 5.97 Å². The molecule has 0 aromatic heterocycles. The molecule has 0 radical (unpaired) electrons. The average molecular weight is 565 g/mol. The van der Waals surface area contributed by atoms with Crippen molar-refractivity contribution in [2.45, 2.75) is 26.5 Å². The Labute approximate surface area is 213 Å². The number of amides is 2. The van der Waals surface area contributed by atoms with E-state index in [1.54, 1.807) is 31.2 Å². The fraction of sp³-hybridized carbons (Fsp3) is 0.261. The van der Waals surface area contributed by atoms with E-state index in [0.29, 0.717) is 33.7 Å². The number of nitro groups is 1. The Morgan fingerprint density at radius 1 is 1.26 bits per heavy atom. The number of carbonyl (C=O) groups excluding carboxylic acids is 3. The Kier molecular flexibility index (Phi) is 8.52. The summed E-state index contributed by atoms with van der Waals surface area (Å²) in [6.45, 7) is 3.60. The minimum atomic E-state index is -1.05. The van der Waals surface area contributed by atoms with Gasteiger partial charge in [0.25, 0.3) is 16.8 Å². The van der Waals surface area contributed by atoms with Crippen molar-refractivity contribution in [2.75, 3.05) is 13.7 Å². The molecule has 1 heterocycles. The van der Waals surface area contributed by atoms with Crippen LogP contribution in [0.5, 0.6) is 11.5 Å². The number of rotatable bonds is 9. The molecule has 12 heteroatoms. The largest absolute Gasteiger partial charge is 0.490 e. The van der Waals surface area contributed by atoms with Gasteiger partial charge in [-0.1, -0.05) is 12.1 Å². The molecule has 10 nitrogen and oxygen atoms in total. The quantitative estimate of drug-likeness (QED) is 0.180. The zero-order valence-corrected chi connectivity index (χ0v) is 21.4. The van der Waals surface area contributed by atoms with Crippen LogP contribution in [0.2, 0.25) is 0 Å². The van der Waals surface area contributed by atoms with Gasteiger partial charge in [-0.25, -0.2) is 4.79 Å². The van der Waals surface area contributed by atoms with Crippen molar-refractivity contribution < 1.29 is 33.5 Å². The van der Waals surface area contributed by atoms with Crippen molar-refractivity contribution in [1.29, 1.82) is 0 Å². The van der Waals surface area contributed by atoms with Crippen LogP contribution in [0.3, 0.4) is 0 Å². The number of esters is 1. The number of nitro benzene ring substituents is 1. The highest BCUT2D eigenvalue weighted by molar-refractivity contribution is 9.10. The topological polar surface area (TPSA) is 125 Å². The molecule has 35 heavy (non-hydrogen) atoms. The summed E-state index contributed by atoms with van der Waals surface area (Å²) >= 11 is 4.17.